The van der Waals surface area contributed by atoms with Crippen molar-refractivity contribution >= 4 is 23.8 Å². The Balaban J connectivity index is 1.94. The molecule has 0 radical (unpaired) electrons. The van der Waals surface area contributed by atoms with Crippen LogP contribution in [0.4, 0.5) is 0 Å². The fourth-order valence-electron chi connectivity index (χ4n) is 3.92. The predicted octanol–water partition coefficient (Wildman–Crippen LogP) is 2.48. The molecule has 30 heavy (non-hydrogen) atoms. The van der Waals surface area contributed by atoms with Crippen LogP contribution in [-0.4, -0.2) is 35.4 Å². The number of benzene rings is 2. The second-order valence-electron chi connectivity index (χ2n) is 6.97. The lowest BCUT2D eigenvalue weighted by Crippen LogP contribution is -2.87. The molecule has 0 saturated heterocycles. The van der Waals surface area contributed by atoms with E-state index in [1.165, 1.54) is 4.57 Å². The van der Waals surface area contributed by atoms with E-state index < -0.39 is 11.6 Å². The minimum atomic E-state index is -0.432. The molecule has 2 aromatic carbocycles. The van der Waals surface area contributed by atoms with E-state index in [1.54, 1.807) is 38.5 Å². The summed E-state index contributed by atoms with van der Waals surface area (Å²) in [4.78, 5) is 15.6. The number of nitrogens with one attached hydrogen (secondary N) is 1. The normalized spacial score (nSPS) is 15.5. The van der Waals surface area contributed by atoms with Gasteiger partial charge in [-0.2, -0.15) is 0 Å². The van der Waals surface area contributed by atoms with Gasteiger partial charge in [0.15, 0.2) is 16.3 Å². The molecule has 156 valence electrons. The fraction of sp³-hybridized carbons (Fsp3) is 0.238. The summed E-state index contributed by atoms with van der Waals surface area (Å²) in [6.07, 6.45) is 0.804. The van der Waals surface area contributed by atoms with Crippen molar-refractivity contribution in [1.82, 2.24) is 9.55 Å². The Bertz CT molecular complexity index is 1240. The van der Waals surface area contributed by atoms with Crippen LogP contribution in [0.25, 0.3) is 5.69 Å². The zero-order valence-electron chi connectivity index (χ0n) is 16.4. The van der Waals surface area contributed by atoms with E-state index in [0.717, 1.165) is 24.1 Å². The number of ether oxygens (including phenoxy) is 2. The number of hydrogen-bond donors (Lipinski definition) is 3. The number of aromatic amines is 1. The molecule has 0 spiro atoms. The maximum absolute atomic E-state index is 12.9. The first-order chi connectivity index (χ1) is 14.4. The maximum Gasteiger partial charge on any atom is 0.265 e. The van der Waals surface area contributed by atoms with Gasteiger partial charge in [-0.05, 0) is 48.1 Å². The van der Waals surface area contributed by atoms with Crippen LogP contribution in [0.1, 0.15) is 22.7 Å². The molecule has 2 heterocycles. The Morgan fingerprint density at radius 3 is 2.67 bits per heavy atom. The Labute approximate surface area is 182 Å². The highest BCUT2D eigenvalue weighted by molar-refractivity contribution is 7.71. The Kier molecular flexibility index (Phi) is 5.55. The Hall–Kier alpha value is -2.81. The molecular weight excluding hydrogens is 426 g/mol. The number of H-pyrrole nitrogens is 1. The number of aromatic hydroxyl groups is 1. The van der Waals surface area contributed by atoms with Crippen molar-refractivity contribution in [3.8, 4) is 23.1 Å². The van der Waals surface area contributed by atoms with Crippen LogP contribution < -0.4 is 20.3 Å². The van der Waals surface area contributed by atoms with E-state index in [-0.39, 0.29) is 16.2 Å². The standard InChI is InChI=1S/C21H20ClN3O4S/c1-28-15-8-11-6-7-23-18(14(11)10-16(15)29-2)17-19(26)24-21(30)25(20(17)27)13-5-3-4-12(22)9-13/h3-5,8-10,18,23,27H,6-7H2,1-2H3,(H,24,26,30)/p+1/t18-/m0/s1. The molecule has 1 aliphatic heterocycles. The summed E-state index contributed by atoms with van der Waals surface area (Å²) in [7, 11) is 3.15. The van der Waals surface area contributed by atoms with Gasteiger partial charge >= 0.3 is 0 Å². The molecule has 0 bridgehead atoms. The van der Waals surface area contributed by atoms with Crippen LogP contribution in [0.3, 0.4) is 0 Å². The summed E-state index contributed by atoms with van der Waals surface area (Å²) in [6.45, 7) is 0.749. The third kappa shape index (κ3) is 3.47. The lowest BCUT2D eigenvalue weighted by molar-refractivity contribution is -0.690. The molecule has 0 unspecified atom stereocenters. The first-order valence-corrected chi connectivity index (χ1v) is 10.2. The lowest BCUT2D eigenvalue weighted by atomic mass is 9.90. The number of hydrogen-bond acceptors (Lipinski definition) is 5. The number of quaternary nitrogens is 1. The minimum Gasteiger partial charge on any atom is -0.494 e. The van der Waals surface area contributed by atoms with Gasteiger partial charge in [-0.25, -0.2) is 0 Å². The van der Waals surface area contributed by atoms with Gasteiger partial charge in [0.25, 0.3) is 5.56 Å². The quantitative estimate of drug-likeness (QED) is 0.535. The summed E-state index contributed by atoms with van der Waals surface area (Å²) < 4.78 is 12.4. The van der Waals surface area contributed by atoms with Gasteiger partial charge in [0.2, 0.25) is 5.88 Å². The molecule has 0 fully saturated rings. The third-order valence-corrected chi connectivity index (χ3v) is 5.81. The number of nitrogens with zero attached hydrogens (tertiary/aromatic N) is 1. The van der Waals surface area contributed by atoms with Gasteiger partial charge in [-0.3, -0.25) is 14.3 Å². The average Bonchev–Trinajstić information content (AvgIpc) is 2.72. The van der Waals surface area contributed by atoms with Crippen LogP contribution >= 0.6 is 23.8 Å². The summed E-state index contributed by atoms with van der Waals surface area (Å²) in [6, 6.07) is 10.3. The van der Waals surface area contributed by atoms with E-state index in [1.807, 2.05) is 17.4 Å². The highest BCUT2D eigenvalue weighted by Gasteiger charge is 2.33. The van der Waals surface area contributed by atoms with Crippen molar-refractivity contribution in [1.29, 1.82) is 0 Å². The average molecular weight is 447 g/mol. The number of methoxy groups -OCH3 is 2. The second-order valence-corrected chi connectivity index (χ2v) is 7.79. The molecule has 9 heteroatoms. The van der Waals surface area contributed by atoms with E-state index in [0.29, 0.717) is 22.2 Å². The van der Waals surface area contributed by atoms with Crippen molar-refractivity contribution in [3.63, 3.8) is 0 Å². The second kappa shape index (κ2) is 8.14. The molecule has 7 nitrogen and oxygen atoms in total. The molecule has 1 aliphatic rings. The number of fused-ring (bicyclic) bond motifs is 1. The van der Waals surface area contributed by atoms with Crippen molar-refractivity contribution < 1.29 is 19.9 Å². The predicted molar refractivity (Wildman–Crippen MR) is 116 cm³/mol. The van der Waals surface area contributed by atoms with Gasteiger partial charge < -0.3 is 19.9 Å². The summed E-state index contributed by atoms with van der Waals surface area (Å²) in [5, 5.41) is 13.7. The molecule has 4 rings (SSSR count). The number of aromatic nitrogens is 2. The first-order valence-electron chi connectivity index (χ1n) is 9.36. The van der Waals surface area contributed by atoms with E-state index >= 15 is 0 Å². The summed E-state index contributed by atoms with van der Waals surface area (Å²) >= 11 is 11.4. The molecule has 0 aliphatic carbocycles. The van der Waals surface area contributed by atoms with Crippen LogP contribution in [0, 0.1) is 4.77 Å². The SMILES string of the molecule is COc1cc2c(cc1OC)[C@@H](c1c(O)n(-c3cccc(Cl)c3)c(=S)[nH]c1=O)[NH2+]CC2. The van der Waals surface area contributed by atoms with Gasteiger partial charge in [0.05, 0.1) is 26.5 Å². The molecule has 3 aromatic rings. The van der Waals surface area contributed by atoms with Crippen molar-refractivity contribution in [2.45, 2.75) is 12.5 Å². The van der Waals surface area contributed by atoms with Crippen molar-refractivity contribution in [2.75, 3.05) is 20.8 Å². The van der Waals surface area contributed by atoms with Crippen molar-refractivity contribution in [3.05, 3.63) is 73.2 Å². The molecule has 0 amide bonds. The van der Waals surface area contributed by atoms with Gasteiger partial charge in [-0.1, -0.05) is 17.7 Å². The number of rotatable bonds is 4. The minimum absolute atomic E-state index is 0.0897. The van der Waals surface area contributed by atoms with Gasteiger partial charge in [0, 0.05) is 17.0 Å². The molecule has 4 N–H and O–H groups in total. The number of nitrogens with two attached hydrogens (primary N) is 1. The molecule has 1 aromatic heterocycles. The van der Waals surface area contributed by atoms with E-state index in [4.69, 9.17) is 33.3 Å². The Morgan fingerprint density at radius 1 is 1.23 bits per heavy atom. The highest BCUT2D eigenvalue weighted by atomic mass is 35.5. The maximum atomic E-state index is 12.9. The first kappa shape index (κ1) is 20.5. The zero-order valence-corrected chi connectivity index (χ0v) is 18.0. The summed E-state index contributed by atoms with van der Waals surface area (Å²) in [5.74, 6) is 0.981. The Morgan fingerprint density at radius 2 is 1.97 bits per heavy atom. The molecule has 0 saturated carbocycles. The third-order valence-electron chi connectivity index (χ3n) is 5.29. The fourth-order valence-corrected chi connectivity index (χ4v) is 4.39. The van der Waals surface area contributed by atoms with Crippen LogP contribution in [0.15, 0.2) is 41.2 Å². The van der Waals surface area contributed by atoms with Crippen LogP contribution in [-0.2, 0) is 6.42 Å². The van der Waals surface area contributed by atoms with E-state index in [2.05, 4.69) is 4.98 Å². The smallest absolute Gasteiger partial charge is 0.265 e. The monoisotopic (exact) mass is 446 g/mol. The van der Waals surface area contributed by atoms with Crippen molar-refractivity contribution in [2.24, 2.45) is 0 Å². The lowest BCUT2D eigenvalue weighted by Gasteiger charge is -2.26. The topological polar surface area (TPSA) is 93.1 Å². The van der Waals surface area contributed by atoms with Gasteiger partial charge in [0.1, 0.15) is 11.6 Å². The number of halogens is 1. The molecule has 1 atom stereocenters. The van der Waals surface area contributed by atoms with Crippen LogP contribution in [0.2, 0.25) is 5.02 Å². The highest BCUT2D eigenvalue weighted by Crippen LogP contribution is 2.36. The van der Waals surface area contributed by atoms with E-state index in [9.17, 15) is 9.90 Å². The largest absolute Gasteiger partial charge is 0.494 e. The summed E-state index contributed by atoms with van der Waals surface area (Å²) in [5.41, 5.74) is 2.27. The molecular formula is C21H21ClN3O4S+. The van der Waals surface area contributed by atoms with Gasteiger partial charge in [-0.15, -0.1) is 0 Å². The van der Waals surface area contributed by atoms with Crippen LogP contribution in [0.5, 0.6) is 17.4 Å². The zero-order chi connectivity index (χ0) is 21.4.